The van der Waals surface area contributed by atoms with E-state index in [1.807, 2.05) is 60.7 Å². The summed E-state index contributed by atoms with van der Waals surface area (Å²) in [5.74, 6) is -1.36. The summed E-state index contributed by atoms with van der Waals surface area (Å²) in [4.78, 5) is 51.0. The van der Waals surface area contributed by atoms with Crippen LogP contribution in [0, 0.1) is 0 Å². The van der Waals surface area contributed by atoms with E-state index in [4.69, 9.17) is 24.7 Å². The van der Waals surface area contributed by atoms with Gasteiger partial charge in [0.1, 0.15) is 17.1 Å². The second kappa shape index (κ2) is 14.4. The molecule has 0 saturated carbocycles. The van der Waals surface area contributed by atoms with Gasteiger partial charge in [0.25, 0.3) is 0 Å². The third kappa shape index (κ3) is 7.51. The first-order chi connectivity index (χ1) is 21.7. The fourth-order valence-electron chi connectivity index (χ4n) is 4.96. The van der Waals surface area contributed by atoms with Crippen molar-refractivity contribution in [1.29, 1.82) is 0 Å². The SMILES string of the molecule is CC(=O)Oc1ccc(COC/C=C/C2=C(C(=O)OC(c3ccccc3)c3ccccc3)N3C(=O)C(N)[C@@H]3SC2)cc1OC(C)=O. The first-order valence-electron chi connectivity index (χ1n) is 14.2. The van der Waals surface area contributed by atoms with Gasteiger partial charge in [0.2, 0.25) is 5.91 Å². The molecule has 1 saturated heterocycles. The summed E-state index contributed by atoms with van der Waals surface area (Å²) in [5.41, 5.74) is 9.13. The van der Waals surface area contributed by atoms with Crippen LogP contribution in [0.1, 0.15) is 36.6 Å². The fourth-order valence-corrected chi connectivity index (χ4v) is 6.22. The van der Waals surface area contributed by atoms with Gasteiger partial charge >= 0.3 is 17.9 Å². The van der Waals surface area contributed by atoms with Crippen molar-refractivity contribution in [2.45, 2.75) is 38.0 Å². The Morgan fingerprint density at radius 3 is 2.18 bits per heavy atom. The first kappa shape index (κ1) is 31.7. The number of rotatable bonds is 11. The van der Waals surface area contributed by atoms with Gasteiger partial charge in [-0.25, -0.2) is 4.79 Å². The standard InChI is InChI=1S/C34H32N2O8S/c1-21(37)42-27-16-15-23(18-28(27)43-22(2)38)19-41-17-9-14-26-20-45-33-29(35)32(39)36(33)30(26)34(40)44-31(24-10-5-3-6-11-24)25-12-7-4-8-13-25/h3-16,18,29,31,33H,17,19-20,35H2,1-2H3/b14-9+/t29?,33-/m0/s1. The summed E-state index contributed by atoms with van der Waals surface area (Å²) in [6.45, 7) is 2.85. The van der Waals surface area contributed by atoms with Gasteiger partial charge in [0, 0.05) is 19.6 Å². The molecule has 2 N–H and O–H groups in total. The molecule has 1 fully saturated rings. The van der Waals surface area contributed by atoms with Crippen molar-refractivity contribution in [2.75, 3.05) is 12.4 Å². The average molecular weight is 629 g/mol. The van der Waals surface area contributed by atoms with Gasteiger partial charge in [-0.05, 0) is 34.4 Å². The Kier molecular flexibility index (Phi) is 10.1. The number of β-lactam (4-membered cyclic amide) rings is 1. The Balaban J connectivity index is 1.32. The Bertz CT molecular complexity index is 1600. The van der Waals surface area contributed by atoms with Crippen molar-refractivity contribution < 1.29 is 38.1 Å². The molecule has 3 aromatic rings. The highest BCUT2D eigenvalue weighted by molar-refractivity contribution is 8.00. The number of fused-ring (bicyclic) bond motifs is 1. The number of ether oxygens (including phenoxy) is 4. The van der Waals surface area contributed by atoms with Gasteiger partial charge in [-0.1, -0.05) is 78.9 Å². The van der Waals surface area contributed by atoms with E-state index >= 15 is 0 Å². The number of esters is 3. The minimum atomic E-state index is -0.685. The fraction of sp³-hybridized carbons (Fsp3) is 0.235. The van der Waals surface area contributed by atoms with Gasteiger partial charge in [0.15, 0.2) is 17.6 Å². The second-order valence-corrected chi connectivity index (χ2v) is 11.4. The first-order valence-corrected chi connectivity index (χ1v) is 15.3. The van der Waals surface area contributed by atoms with E-state index in [1.165, 1.54) is 36.6 Å². The monoisotopic (exact) mass is 628 g/mol. The van der Waals surface area contributed by atoms with Gasteiger partial charge in [-0.2, -0.15) is 0 Å². The molecule has 1 unspecified atom stereocenters. The predicted octanol–water partition coefficient (Wildman–Crippen LogP) is 4.44. The molecule has 0 aliphatic carbocycles. The van der Waals surface area contributed by atoms with E-state index < -0.39 is 30.1 Å². The molecule has 45 heavy (non-hydrogen) atoms. The van der Waals surface area contributed by atoms with Crippen LogP contribution in [0.25, 0.3) is 0 Å². The largest absolute Gasteiger partial charge is 0.448 e. The predicted molar refractivity (Wildman–Crippen MR) is 167 cm³/mol. The van der Waals surface area contributed by atoms with Gasteiger partial charge < -0.3 is 24.7 Å². The summed E-state index contributed by atoms with van der Waals surface area (Å²) >= 11 is 1.48. The molecule has 0 spiro atoms. The summed E-state index contributed by atoms with van der Waals surface area (Å²) in [6.07, 6.45) is 2.83. The molecule has 0 bridgehead atoms. The van der Waals surface area contributed by atoms with E-state index in [9.17, 15) is 19.2 Å². The van der Waals surface area contributed by atoms with E-state index in [0.29, 0.717) is 16.9 Å². The zero-order valence-electron chi connectivity index (χ0n) is 24.7. The van der Waals surface area contributed by atoms with Gasteiger partial charge in [-0.3, -0.25) is 19.3 Å². The van der Waals surface area contributed by atoms with Crippen LogP contribution in [0.15, 0.2) is 102 Å². The lowest BCUT2D eigenvalue weighted by Gasteiger charge is -2.48. The Morgan fingerprint density at radius 1 is 0.933 bits per heavy atom. The van der Waals surface area contributed by atoms with Crippen LogP contribution in [-0.4, -0.2) is 52.5 Å². The number of nitrogens with two attached hydrogens (primary N) is 1. The highest BCUT2D eigenvalue weighted by Crippen LogP contribution is 2.41. The Morgan fingerprint density at radius 2 is 1.56 bits per heavy atom. The van der Waals surface area contributed by atoms with Gasteiger partial charge in [-0.15, -0.1) is 11.8 Å². The molecule has 2 aliphatic heterocycles. The normalized spacial score (nSPS) is 17.6. The zero-order valence-corrected chi connectivity index (χ0v) is 25.5. The smallest absolute Gasteiger partial charge is 0.356 e. The summed E-state index contributed by atoms with van der Waals surface area (Å²) < 4.78 is 22.2. The van der Waals surface area contributed by atoms with Crippen molar-refractivity contribution in [1.82, 2.24) is 4.90 Å². The molecule has 10 nitrogen and oxygen atoms in total. The number of carbonyl (C=O) groups is 4. The highest BCUT2D eigenvalue weighted by Gasteiger charge is 2.52. The van der Waals surface area contributed by atoms with E-state index in [-0.39, 0.29) is 41.7 Å². The lowest BCUT2D eigenvalue weighted by Crippen LogP contribution is -2.68. The van der Waals surface area contributed by atoms with Crippen LogP contribution in [-0.2, 0) is 35.3 Å². The molecule has 5 rings (SSSR count). The highest BCUT2D eigenvalue weighted by atomic mass is 32.2. The van der Waals surface area contributed by atoms with E-state index in [2.05, 4.69) is 0 Å². The van der Waals surface area contributed by atoms with Crippen LogP contribution in [0.3, 0.4) is 0 Å². The third-order valence-electron chi connectivity index (χ3n) is 6.98. The Hall–Kier alpha value is -4.71. The average Bonchev–Trinajstić information content (AvgIpc) is 3.04. The van der Waals surface area contributed by atoms with Crippen molar-refractivity contribution in [3.05, 3.63) is 119 Å². The molecule has 2 aliphatic rings. The van der Waals surface area contributed by atoms with Crippen molar-refractivity contribution in [3.8, 4) is 11.5 Å². The van der Waals surface area contributed by atoms with Crippen molar-refractivity contribution in [3.63, 3.8) is 0 Å². The minimum Gasteiger partial charge on any atom is -0.448 e. The lowest BCUT2D eigenvalue weighted by atomic mass is 10.0. The number of hydrogen-bond acceptors (Lipinski definition) is 10. The number of benzene rings is 3. The molecular weight excluding hydrogens is 596 g/mol. The van der Waals surface area contributed by atoms with Crippen LogP contribution >= 0.6 is 11.8 Å². The number of thioether (sulfide) groups is 1. The number of amides is 1. The number of carbonyl (C=O) groups excluding carboxylic acids is 4. The minimum absolute atomic E-state index is 0.109. The summed E-state index contributed by atoms with van der Waals surface area (Å²) in [6, 6.07) is 22.9. The van der Waals surface area contributed by atoms with Crippen LogP contribution in [0.4, 0.5) is 0 Å². The molecule has 232 valence electrons. The van der Waals surface area contributed by atoms with E-state index in [1.54, 1.807) is 24.3 Å². The molecule has 11 heteroatoms. The molecule has 2 atom stereocenters. The van der Waals surface area contributed by atoms with Crippen molar-refractivity contribution >= 4 is 35.6 Å². The lowest BCUT2D eigenvalue weighted by molar-refractivity contribution is -0.153. The van der Waals surface area contributed by atoms with Crippen LogP contribution in [0.5, 0.6) is 11.5 Å². The summed E-state index contributed by atoms with van der Waals surface area (Å²) in [5, 5.41) is -0.346. The quantitative estimate of drug-likeness (QED) is 0.141. The third-order valence-corrected chi connectivity index (χ3v) is 8.30. The van der Waals surface area contributed by atoms with E-state index in [0.717, 1.165) is 11.1 Å². The molecule has 0 aromatic heterocycles. The molecular formula is C34H32N2O8S. The van der Waals surface area contributed by atoms with Crippen LogP contribution < -0.4 is 15.2 Å². The maximum Gasteiger partial charge on any atom is 0.356 e. The molecule has 3 aromatic carbocycles. The molecule has 0 radical (unpaired) electrons. The maximum absolute atomic E-state index is 13.8. The topological polar surface area (TPSA) is 134 Å². The summed E-state index contributed by atoms with van der Waals surface area (Å²) in [7, 11) is 0. The Labute approximate surface area is 264 Å². The van der Waals surface area contributed by atoms with Crippen LogP contribution in [0.2, 0.25) is 0 Å². The van der Waals surface area contributed by atoms with Crippen molar-refractivity contribution in [2.24, 2.45) is 5.73 Å². The van der Waals surface area contributed by atoms with Gasteiger partial charge in [0.05, 0.1) is 13.2 Å². The number of allylic oxidation sites excluding steroid dienone is 1. The molecule has 1 amide bonds. The number of hydrogen-bond donors (Lipinski definition) is 1. The number of nitrogens with zero attached hydrogens (tertiary/aromatic N) is 1. The second-order valence-electron chi connectivity index (χ2n) is 10.3. The molecule has 2 heterocycles. The maximum atomic E-state index is 13.8. The zero-order chi connectivity index (χ0) is 31.9.